The minimum atomic E-state index is -0.520. The third kappa shape index (κ3) is 2.43. The van der Waals surface area contributed by atoms with Gasteiger partial charge in [-0.15, -0.1) is 0 Å². The lowest BCUT2D eigenvalue weighted by atomic mass is 10.3. The van der Waals surface area contributed by atoms with E-state index < -0.39 is 6.10 Å². The number of anilines is 1. The van der Waals surface area contributed by atoms with Crippen molar-refractivity contribution in [1.82, 2.24) is 19.7 Å². The van der Waals surface area contributed by atoms with Gasteiger partial charge in [0.2, 0.25) is 11.6 Å². The molecule has 0 aliphatic rings. The number of fused-ring (bicyclic) bond motifs is 1. The maximum Gasteiger partial charge on any atom is 0.222 e. The zero-order valence-electron chi connectivity index (χ0n) is 9.02. The fourth-order valence-electron chi connectivity index (χ4n) is 1.36. The van der Waals surface area contributed by atoms with E-state index in [1.807, 2.05) is 0 Å². The van der Waals surface area contributed by atoms with Gasteiger partial charge in [0.25, 0.3) is 0 Å². The molecule has 1 unspecified atom stereocenters. The lowest BCUT2D eigenvalue weighted by Gasteiger charge is -2.15. The number of hydrogen-bond acceptors (Lipinski definition) is 7. The molecule has 2 rings (SSSR count). The molecule has 8 nitrogen and oxygen atoms in total. The first-order valence-corrected chi connectivity index (χ1v) is 5.09. The third-order valence-corrected chi connectivity index (χ3v) is 2.20. The van der Waals surface area contributed by atoms with Gasteiger partial charge in [0, 0.05) is 13.0 Å². The summed E-state index contributed by atoms with van der Waals surface area (Å²) in [6, 6.07) is 0. The third-order valence-electron chi connectivity index (χ3n) is 2.20. The molecule has 0 radical (unpaired) electrons. The van der Waals surface area contributed by atoms with Crippen molar-refractivity contribution in [2.24, 2.45) is 0 Å². The summed E-state index contributed by atoms with van der Waals surface area (Å²) in [5, 5.41) is 17.8. The molecule has 0 spiro atoms. The Morgan fingerprint density at radius 1 is 1.41 bits per heavy atom. The van der Waals surface area contributed by atoms with E-state index in [0.29, 0.717) is 17.6 Å². The fraction of sp³-hybridized carbons (Fsp3) is 0.444. The SMILES string of the molecule is Nc1ncc2ncn(OC(CO)CCO)c2n1. The second-order valence-electron chi connectivity index (χ2n) is 3.43. The normalized spacial score (nSPS) is 12.8. The summed E-state index contributed by atoms with van der Waals surface area (Å²) in [6.07, 6.45) is 2.70. The number of nitrogens with two attached hydrogens (primary N) is 1. The van der Waals surface area contributed by atoms with Gasteiger partial charge in [-0.05, 0) is 0 Å². The van der Waals surface area contributed by atoms with Gasteiger partial charge in [-0.3, -0.25) is 0 Å². The summed E-state index contributed by atoms with van der Waals surface area (Å²) in [4.78, 5) is 17.2. The molecule has 0 aliphatic heterocycles. The van der Waals surface area contributed by atoms with Crippen LogP contribution in [0.1, 0.15) is 6.42 Å². The molecule has 0 bridgehead atoms. The van der Waals surface area contributed by atoms with Crippen LogP contribution in [0.3, 0.4) is 0 Å². The molecule has 92 valence electrons. The minimum Gasteiger partial charge on any atom is -0.405 e. The van der Waals surface area contributed by atoms with Crippen LogP contribution in [0.2, 0.25) is 0 Å². The van der Waals surface area contributed by atoms with Crippen molar-refractivity contribution in [2.45, 2.75) is 12.5 Å². The topological polar surface area (TPSA) is 119 Å². The van der Waals surface area contributed by atoms with Crippen molar-refractivity contribution >= 4 is 17.1 Å². The summed E-state index contributed by atoms with van der Waals surface area (Å²) in [6.45, 7) is -0.282. The van der Waals surface area contributed by atoms with E-state index in [4.69, 9.17) is 20.8 Å². The van der Waals surface area contributed by atoms with Crippen LogP contribution in [0, 0.1) is 0 Å². The molecule has 4 N–H and O–H groups in total. The zero-order chi connectivity index (χ0) is 12.3. The van der Waals surface area contributed by atoms with Crippen LogP contribution in [0.5, 0.6) is 0 Å². The molecule has 1 atom stereocenters. The minimum absolute atomic E-state index is 0.0744. The van der Waals surface area contributed by atoms with Crippen LogP contribution >= 0.6 is 0 Å². The highest BCUT2D eigenvalue weighted by atomic mass is 16.7. The smallest absolute Gasteiger partial charge is 0.222 e. The maximum atomic E-state index is 9.06. The number of hydrogen-bond donors (Lipinski definition) is 3. The van der Waals surface area contributed by atoms with Gasteiger partial charge in [-0.1, -0.05) is 0 Å². The van der Waals surface area contributed by atoms with Gasteiger partial charge in [-0.25, -0.2) is 9.97 Å². The maximum absolute atomic E-state index is 9.06. The van der Waals surface area contributed by atoms with Gasteiger partial charge in [0.15, 0.2) is 6.10 Å². The van der Waals surface area contributed by atoms with Crippen LogP contribution in [-0.2, 0) is 0 Å². The highest BCUT2D eigenvalue weighted by molar-refractivity contribution is 5.70. The van der Waals surface area contributed by atoms with Gasteiger partial charge in [0.1, 0.15) is 11.8 Å². The predicted octanol–water partition coefficient (Wildman–Crippen LogP) is -1.42. The average Bonchev–Trinajstić information content (AvgIpc) is 2.71. The summed E-state index contributed by atoms with van der Waals surface area (Å²) in [5.41, 5.74) is 6.43. The summed E-state index contributed by atoms with van der Waals surface area (Å²) < 4.78 is 1.31. The molecule has 17 heavy (non-hydrogen) atoms. The summed E-state index contributed by atoms with van der Waals surface area (Å²) in [5.74, 6) is 0.116. The second kappa shape index (κ2) is 4.93. The molecule has 2 heterocycles. The Hall–Kier alpha value is -1.93. The van der Waals surface area contributed by atoms with E-state index in [1.165, 1.54) is 17.3 Å². The Bertz CT molecular complexity index is 500. The molecule has 0 fully saturated rings. The number of imidazole rings is 1. The van der Waals surface area contributed by atoms with E-state index in [1.54, 1.807) is 0 Å². The molecule has 0 saturated carbocycles. The number of aliphatic hydroxyl groups is 2. The number of nitrogens with zero attached hydrogens (tertiary/aromatic N) is 4. The number of aromatic nitrogens is 4. The Morgan fingerprint density at radius 3 is 2.94 bits per heavy atom. The number of rotatable bonds is 5. The lowest BCUT2D eigenvalue weighted by molar-refractivity contribution is -0.00641. The standard InChI is InChI=1S/C9H13N5O3/c10-9-11-3-7-8(13-9)14(5-12-7)17-6(4-16)1-2-15/h3,5-6,15-16H,1-2,4H2,(H2,10,11,13). The van der Waals surface area contributed by atoms with Crippen molar-refractivity contribution in [2.75, 3.05) is 18.9 Å². The van der Waals surface area contributed by atoms with Gasteiger partial charge < -0.3 is 20.8 Å². The number of aliphatic hydroxyl groups excluding tert-OH is 2. The van der Waals surface area contributed by atoms with Crippen LogP contribution < -0.4 is 10.6 Å². The zero-order valence-corrected chi connectivity index (χ0v) is 9.02. The average molecular weight is 239 g/mol. The molecule has 8 heteroatoms. The first kappa shape index (κ1) is 11.6. The van der Waals surface area contributed by atoms with E-state index in [0.717, 1.165) is 0 Å². The molecular formula is C9H13N5O3. The van der Waals surface area contributed by atoms with Gasteiger partial charge in [0.05, 0.1) is 12.8 Å². The fourth-order valence-corrected chi connectivity index (χ4v) is 1.36. The highest BCUT2D eigenvalue weighted by Gasteiger charge is 2.12. The Morgan fingerprint density at radius 2 is 2.24 bits per heavy atom. The van der Waals surface area contributed by atoms with Crippen LogP contribution in [-0.4, -0.2) is 49.2 Å². The van der Waals surface area contributed by atoms with Crippen molar-refractivity contribution in [3.05, 3.63) is 12.5 Å². The Labute approximate surface area is 96.6 Å². The summed E-state index contributed by atoms with van der Waals surface area (Å²) >= 11 is 0. The molecule has 0 aliphatic carbocycles. The van der Waals surface area contributed by atoms with Crippen molar-refractivity contribution < 1.29 is 15.1 Å². The molecule has 0 saturated heterocycles. The predicted molar refractivity (Wildman–Crippen MR) is 58.9 cm³/mol. The van der Waals surface area contributed by atoms with Crippen molar-refractivity contribution in [3.63, 3.8) is 0 Å². The first-order valence-electron chi connectivity index (χ1n) is 5.09. The van der Waals surface area contributed by atoms with Gasteiger partial charge in [-0.2, -0.15) is 9.71 Å². The molecular weight excluding hydrogens is 226 g/mol. The van der Waals surface area contributed by atoms with Crippen LogP contribution in [0.15, 0.2) is 12.5 Å². The highest BCUT2D eigenvalue weighted by Crippen LogP contribution is 2.09. The Kier molecular flexibility index (Phi) is 3.35. The Balaban J connectivity index is 2.26. The largest absolute Gasteiger partial charge is 0.405 e. The van der Waals surface area contributed by atoms with E-state index in [9.17, 15) is 0 Å². The van der Waals surface area contributed by atoms with Crippen LogP contribution in [0.4, 0.5) is 5.95 Å². The van der Waals surface area contributed by atoms with Crippen molar-refractivity contribution in [3.8, 4) is 0 Å². The van der Waals surface area contributed by atoms with E-state index in [-0.39, 0.29) is 19.2 Å². The quantitative estimate of drug-likeness (QED) is 0.585. The molecule has 2 aromatic rings. The summed E-state index contributed by atoms with van der Waals surface area (Å²) in [7, 11) is 0. The monoisotopic (exact) mass is 239 g/mol. The second-order valence-corrected chi connectivity index (χ2v) is 3.43. The molecule has 2 aromatic heterocycles. The number of nitrogen functional groups attached to an aromatic ring is 1. The van der Waals surface area contributed by atoms with E-state index in [2.05, 4.69) is 15.0 Å². The molecule has 0 aromatic carbocycles. The molecule has 0 amide bonds. The van der Waals surface area contributed by atoms with E-state index >= 15 is 0 Å². The first-order chi connectivity index (χ1) is 8.24. The van der Waals surface area contributed by atoms with Gasteiger partial charge >= 0.3 is 0 Å². The van der Waals surface area contributed by atoms with Crippen LogP contribution in [0.25, 0.3) is 11.2 Å². The lowest BCUT2D eigenvalue weighted by Crippen LogP contribution is -2.29. The van der Waals surface area contributed by atoms with Crippen molar-refractivity contribution in [1.29, 1.82) is 0 Å².